The van der Waals surface area contributed by atoms with E-state index in [2.05, 4.69) is 31.4 Å². The van der Waals surface area contributed by atoms with Gasteiger partial charge in [0, 0.05) is 16.8 Å². The van der Waals surface area contributed by atoms with Crippen LogP contribution in [0, 0.1) is 0 Å². The van der Waals surface area contributed by atoms with E-state index in [1.165, 1.54) is 13.8 Å². The lowest BCUT2D eigenvalue weighted by Crippen LogP contribution is -2.40. The van der Waals surface area contributed by atoms with Gasteiger partial charge in [0.25, 0.3) is 11.8 Å². The number of rotatable bonds is 7. The summed E-state index contributed by atoms with van der Waals surface area (Å²) in [6.45, 7) is 8.69. The number of Topliss-reactive ketones (excluding diaryl/α,β-unsaturated/α-hetero) is 1. The minimum Gasteiger partial charge on any atom is -0.454 e. The van der Waals surface area contributed by atoms with Gasteiger partial charge in [-0.3, -0.25) is 14.4 Å². The predicted molar refractivity (Wildman–Crippen MR) is 118 cm³/mol. The number of esters is 1. The van der Waals surface area contributed by atoms with Gasteiger partial charge in [-0.15, -0.1) is 0 Å². The minimum atomic E-state index is -0.919. The van der Waals surface area contributed by atoms with E-state index in [0.717, 1.165) is 5.56 Å². The fourth-order valence-corrected chi connectivity index (χ4v) is 2.71. The van der Waals surface area contributed by atoms with E-state index in [-0.39, 0.29) is 11.2 Å². The van der Waals surface area contributed by atoms with Crippen LogP contribution in [0.4, 0.5) is 5.69 Å². The summed E-state index contributed by atoms with van der Waals surface area (Å²) in [6.07, 6.45) is 0. The highest BCUT2D eigenvalue weighted by Crippen LogP contribution is 2.22. The van der Waals surface area contributed by atoms with Crippen molar-refractivity contribution in [2.75, 3.05) is 11.9 Å². The molecule has 7 nitrogen and oxygen atoms in total. The number of hydrogen-bond donors (Lipinski definition) is 2. The fraction of sp³-hybridized carbons (Fsp3) is 0.333. The second-order valence-corrected chi connectivity index (χ2v) is 8.31. The lowest BCUT2D eigenvalue weighted by molar-refractivity contribution is -0.148. The van der Waals surface area contributed by atoms with Gasteiger partial charge < -0.3 is 15.4 Å². The van der Waals surface area contributed by atoms with Gasteiger partial charge in [-0.05, 0) is 61.2 Å². The van der Waals surface area contributed by atoms with Gasteiger partial charge in [0.15, 0.2) is 12.4 Å². The Hall–Kier alpha value is -3.48. The number of hydrogen-bond acceptors (Lipinski definition) is 5. The van der Waals surface area contributed by atoms with Crippen LogP contribution in [-0.2, 0) is 19.7 Å². The molecule has 0 spiro atoms. The van der Waals surface area contributed by atoms with Crippen molar-refractivity contribution in [1.82, 2.24) is 5.32 Å². The van der Waals surface area contributed by atoms with Crippen molar-refractivity contribution in [3.05, 3.63) is 65.2 Å². The average molecular weight is 424 g/mol. The summed E-state index contributed by atoms with van der Waals surface area (Å²) < 4.78 is 4.98. The average Bonchev–Trinajstić information content (AvgIpc) is 2.71. The normalized spacial score (nSPS) is 11.9. The molecule has 1 atom stereocenters. The van der Waals surface area contributed by atoms with Gasteiger partial charge in [-0.1, -0.05) is 32.9 Å². The first kappa shape index (κ1) is 23.8. The van der Waals surface area contributed by atoms with E-state index in [4.69, 9.17) is 4.74 Å². The topological polar surface area (TPSA) is 102 Å². The molecule has 0 bridgehead atoms. The van der Waals surface area contributed by atoms with Crippen molar-refractivity contribution in [2.24, 2.45) is 0 Å². The van der Waals surface area contributed by atoms with Crippen LogP contribution in [0.5, 0.6) is 0 Å². The Bertz CT molecular complexity index is 957. The molecular weight excluding hydrogens is 396 g/mol. The number of ether oxygens (including phenoxy) is 1. The molecule has 2 amide bonds. The summed E-state index contributed by atoms with van der Waals surface area (Å²) in [5, 5.41) is 5.14. The van der Waals surface area contributed by atoms with Crippen molar-refractivity contribution in [2.45, 2.75) is 46.1 Å². The summed E-state index contributed by atoms with van der Waals surface area (Å²) in [5.41, 5.74) is 2.51. The number of amides is 2. The third-order valence-corrected chi connectivity index (χ3v) is 4.63. The van der Waals surface area contributed by atoms with Gasteiger partial charge in [-0.2, -0.15) is 0 Å². The van der Waals surface area contributed by atoms with Gasteiger partial charge in [0.1, 0.15) is 6.04 Å². The number of carbonyl (C=O) groups excluding carboxylic acids is 4. The maximum absolute atomic E-state index is 12.4. The second-order valence-electron chi connectivity index (χ2n) is 8.31. The van der Waals surface area contributed by atoms with Crippen molar-refractivity contribution in [3.63, 3.8) is 0 Å². The van der Waals surface area contributed by atoms with Crippen LogP contribution in [0.2, 0.25) is 0 Å². The molecule has 31 heavy (non-hydrogen) atoms. The summed E-state index contributed by atoms with van der Waals surface area (Å²) in [6, 6.07) is 12.6. The van der Waals surface area contributed by atoms with Crippen molar-refractivity contribution in [3.8, 4) is 0 Å². The molecule has 2 aromatic rings. The lowest BCUT2D eigenvalue weighted by atomic mass is 9.86. The molecule has 164 valence electrons. The molecule has 2 N–H and O–H groups in total. The van der Waals surface area contributed by atoms with E-state index in [1.807, 2.05) is 12.1 Å². The van der Waals surface area contributed by atoms with Crippen LogP contribution >= 0.6 is 0 Å². The molecule has 0 aliphatic heterocycles. The maximum atomic E-state index is 12.4. The Balaban J connectivity index is 1.82. The van der Waals surface area contributed by atoms with Crippen LogP contribution < -0.4 is 10.6 Å². The second kappa shape index (κ2) is 10.0. The minimum absolute atomic E-state index is 0.0257. The molecule has 0 saturated heterocycles. The third kappa shape index (κ3) is 7.06. The number of benzene rings is 2. The largest absolute Gasteiger partial charge is 0.454 e. The fourth-order valence-electron chi connectivity index (χ4n) is 2.71. The van der Waals surface area contributed by atoms with Crippen LogP contribution in [0.15, 0.2) is 48.5 Å². The molecule has 2 rings (SSSR count). The zero-order valence-electron chi connectivity index (χ0n) is 18.4. The van der Waals surface area contributed by atoms with Crippen molar-refractivity contribution >= 4 is 29.3 Å². The van der Waals surface area contributed by atoms with Crippen LogP contribution in [0.25, 0.3) is 0 Å². The highest BCUT2D eigenvalue weighted by molar-refractivity contribution is 5.98. The number of carbonyl (C=O) groups is 4. The first-order valence-electron chi connectivity index (χ1n) is 9.96. The van der Waals surface area contributed by atoms with Gasteiger partial charge >= 0.3 is 5.97 Å². The van der Waals surface area contributed by atoms with Crippen molar-refractivity contribution in [1.29, 1.82) is 0 Å². The highest BCUT2D eigenvalue weighted by atomic mass is 16.5. The Kier molecular flexibility index (Phi) is 7.69. The zero-order chi connectivity index (χ0) is 23.2. The van der Waals surface area contributed by atoms with Crippen molar-refractivity contribution < 1.29 is 23.9 Å². The Morgan fingerprint density at radius 2 is 1.45 bits per heavy atom. The van der Waals surface area contributed by atoms with Crippen LogP contribution in [0.3, 0.4) is 0 Å². The molecule has 0 aliphatic carbocycles. The standard InChI is InChI=1S/C24H28N2O5/c1-15(25-22(29)18-6-10-19(11-7-18)24(3,4)5)23(30)31-14-21(28)26-20-12-8-17(9-13-20)16(2)27/h6-13,15H,14H2,1-5H3,(H,25,29)(H,26,28)/t15-/m0/s1. The van der Waals surface area contributed by atoms with E-state index in [0.29, 0.717) is 16.8 Å². The van der Waals surface area contributed by atoms with Gasteiger partial charge in [-0.25, -0.2) is 4.79 Å². The number of nitrogens with one attached hydrogen (secondary N) is 2. The van der Waals surface area contributed by atoms with Crippen LogP contribution in [0.1, 0.15) is 60.9 Å². The molecule has 0 saturated carbocycles. The van der Waals surface area contributed by atoms with Crippen LogP contribution in [-0.4, -0.2) is 36.2 Å². The Labute approximate surface area is 182 Å². The quantitative estimate of drug-likeness (QED) is 0.523. The molecule has 7 heteroatoms. The molecule has 0 aromatic heterocycles. The van der Waals surface area contributed by atoms with E-state index in [1.54, 1.807) is 36.4 Å². The monoisotopic (exact) mass is 424 g/mol. The molecule has 2 aromatic carbocycles. The molecule has 0 fully saturated rings. The molecular formula is C24H28N2O5. The summed E-state index contributed by atoms with van der Waals surface area (Å²) in [7, 11) is 0. The molecule has 0 aliphatic rings. The summed E-state index contributed by atoms with van der Waals surface area (Å²) in [5.74, 6) is -1.73. The predicted octanol–water partition coefficient (Wildman–Crippen LogP) is 3.49. The smallest absolute Gasteiger partial charge is 0.328 e. The highest BCUT2D eigenvalue weighted by Gasteiger charge is 2.20. The van der Waals surface area contributed by atoms with Gasteiger partial charge in [0.05, 0.1) is 0 Å². The number of ketones is 1. The Morgan fingerprint density at radius 1 is 0.903 bits per heavy atom. The Morgan fingerprint density at radius 3 is 1.97 bits per heavy atom. The first-order chi connectivity index (χ1) is 14.5. The van der Waals surface area contributed by atoms with E-state index in [9.17, 15) is 19.2 Å². The molecule has 0 unspecified atom stereocenters. The molecule has 0 heterocycles. The SMILES string of the molecule is CC(=O)c1ccc(NC(=O)COC(=O)[C@H](C)NC(=O)c2ccc(C(C)(C)C)cc2)cc1. The summed E-state index contributed by atoms with van der Waals surface area (Å²) in [4.78, 5) is 47.7. The third-order valence-electron chi connectivity index (χ3n) is 4.63. The van der Waals surface area contributed by atoms with E-state index < -0.39 is 30.4 Å². The first-order valence-corrected chi connectivity index (χ1v) is 9.96. The van der Waals surface area contributed by atoms with E-state index >= 15 is 0 Å². The lowest BCUT2D eigenvalue weighted by Gasteiger charge is -2.19. The summed E-state index contributed by atoms with van der Waals surface area (Å²) >= 11 is 0. The number of anilines is 1. The van der Waals surface area contributed by atoms with Gasteiger partial charge in [0.2, 0.25) is 0 Å². The zero-order valence-corrected chi connectivity index (χ0v) is 18.4. The maximum Gasteiger partial charge on any atom is 0.328 e. The molecule has 0 radical (unpaired) electrons.